The van der Waals surface area contributed by atoms with Crippen molar-refractivity contribution in [3.8, 4) is 11.8 Å². The van der Waals surface area contributed by atoms with Gasteiger partial charge < -0.3 is 5.32 Å². The molecule has 3 nitrogen and oxygen atoms in total. The highest BCUT2D eigenvalue weighted by atomic mass is 35.5. The van der Waals surface area contributed by atoms with Gasteiger partial charge in [0.25, 0.3) is 5.91 Å². The molecule has 0 bridgehead atoms. The van der Waals surface area contributed by atoms with Crippen LogP contribution in [-0.2, 0) is 9.67 Å². The Bertz CT molecular complexity index is 795. The third-order valence-corrected chi connectivity index (χ3v) is 4.90. The second kappa shape index (κ2) is 9.30. The molecule has 0 aliphatic carbocycles. The maximum atomic E-state index is 13.0. The number of amides is 1. The van der Waals surface area contributed by atoms with E-state index in [0.29, 0.717) is 27.7 Å². The predicted molar refractivity (Wildman–Crippen MR) is 109 cm³/mol. The molecule has 136 valence electrons. The quantitative estimate of drug-likeness (QED) is 0.594. The number of rotatable bonds is 5. The number of halogens is 3. The lowest BCUT2D eigenvalue weighted by atomic mass is 9.89. The van der Waals surface area contributed by atoms with Crippen molar-refractivity contribution in [1.82, 2.24) is 10.2 Å². The van der Waals surface area contributed by atoms with Gasteiger partial charge in [-0.2, -0.15) is 0 Å². The lowest BCUT2D eigenvalue weighted by molar-refractivity contribution is -0.122. The van der Waals surface area contributed by atoms with Crippen LogP contribution in [0.1, 0.15) is 11.1 Å². The molecule has 2 rings (SSSR count). The maximum Gasteiger partial charge on any atom is 0.251 e. The molecule has 0 unspecified atom stereocenters. The second-order valence-corrected chi connectivity index (χ2v) is 7.27. The Morgan fingerprint density at radius 1 is 1.00 bits per heavy atom. The molecule has 6 heteroatoms. The first kappa shape index (κ1) is 20.6. The molecule has 0 atom stereocenters. The normalized spacial score (nSPS) is 11.0. The van der Waals surface area contributed by atoms with Crippen LogP contribution in [0.4, 0.5) is 0 Å². The fourth-order valence-corrected chi connectivity index (χ4v) is 3.44. The molecule has 0 radical (unpaired) electrons. The van der Waals surface area contributed by atoms with Crippen molar-refractivity contribution in [2.45, 2.75) is 4.87 Å². The van der Waals surface area contributed by atoms with E-state index in [0.717, 1.165) is 0 Å². The Hall–Kier alpha value is -1.70. The summed E-state index contributed by atoms with van der Waals surface area (Å²) in [6, 6.07) is 13.9. The molecule has 0 saturated heterocycles. The van der Waals surface area contributed by atoms with Crippen LogP contribution in [0.2, 0.25) is 10.0 Å². The van der Waals surface area contributed by atoms with Gasteiger partial charge in [0, 0.05) is 21.2 Å². The van der Waals surface area contributed by atoms with E-state index in [2.05, 4.69) is 17.2 Å². The highest BCUT2D eigenvalue weighted by Crippen LogP contribution is 2.43. The highest BCUT2D eigenvalue weighted by molar-refractivity contribution is 6.42. The van der Waals surface area contributed by atoms with E-state index >= 15 is 0 Å². The van der Waals surface area contributed by atoms with Gasteiger partial charge in [-0.1, -0.05) is 83.0 Å². The van der Waals surface area contributed by atoms with Crippen LogP contribution in [0.3, 0.4) is 0 Å². The molecule has 2 aromatic carbocycles. The number of benzene rings is 2. The number of nitrogens with zero attached hydrogens (tertiary/aromatic N) is 1. The Labute approximate surface area is 169 Å². The molecule has 1 N–H and O–H groups in total. The van der Waals surface area contributed by atoms with Gasteiger partial charge in [0.2, 0.25) is 0 Å². The summed E-state index contributed by atoms with van der Waals surface area (Å²) in [6.45, 7) is 0.785. The predicted octanol–water partition coefficient (Wildman–Crippen LogP) is 4.16. The van der Waals surface area contributed by atoms with E-state index in [1.54, 1.807) is 48.5 Å². The van der Waals surface area contributed by atoms with Crippen molar-refractivity contribution in [3.63, 3.8) is 0 Å². The molecular formula is C20H19Cl3N2O. The second-order valence-electron chi connectivity index (χ2n) is 5.89. The number of alkyl halides is 1. The van der Waals surface area contributed by atoms with Crippen LogP contribution in [0.15, 0.2) is 48.5 Å². The van der Waals surface area contributed by atoms with Crippen LogP contribution in [0.25, 0.3) is 0 Å². The summed E-state index contributed by atoms with van der Waals surface area (Å²) in [5.74, 6) is 5.43. The van der Waals surface area contributed by atoms with Crippen molar-refractivity contribution in [3.05, 3.63) is 69.7 Å². The topological polar surface area (TPSA) is 32.3 Å². The monoisotopic (exact) mass is 408 g/mol. The minimum Gasteiger partial charge on any atom is -0.343 e. The van der Waals surface area contributed by atoms with E-state index < -0.39 is 10.8 Å². The SMILES string of the molecule is CN(C)CC#CCNC(=O)C(Cl)(c1ccccc1Cl)c1ccccc1Cl. The zero-order chi connectivity index (χ0) is 19.2. The van der Waals surface area contributed by atoms with E-state index in [4.69, 9.17) is 34.8 Å². The van der Waals surface area contributed by atoms with Gasteiger partial charge in [0.15, 0.2) is 4.87 Å². The summed E-state index contributed by atoms with van der Waals surface area (Å²) < 4.78 is 0. The fraction of sp³-hybridized carbons (Fsp3) is 0.250. The minimum atomic E-state index is -1.56. The average Bonchev–Trinajstić information content (AvgIpc) is 2.61. The number of hydrogen-bond acceptors (Lipinski definition) is 2. The third kappa shape index (κ3) is 4.72. The molecule has 0 fully saturated rings. The molecule has 0 heterocycles. The largest absolute Gasteiger partial charge is 0.343 e. The zero-order valence-corrected chi connectivity index (χ0v) is 16.8. The summed E-state index contributed by atoms with van der Waals surface area (Å²) in [7, 11) is 3.84. The summed E-state index contributed by atoms with van der Waals surface area (Å²) in [5, 5.41) is 3.54. The molecular weight excluding hydrogens is 391 g/mol. The van der Waals surface area contributed by atoms with Gasteiger partial charge in [0.1, 0.15) is 0 Å². The molecule has 0 aromatic heterocycles. The number of carbonyl (C=O) groups excluding carboxylic acids is 1. The van der Waals surface area contributed by atoms with Crippen LogP contribution in [0, 0.1) is 11.8 Å². The lowest BCUT2D eigenvalue weighted by Crippen LogP contribution is -2.42. The first-order chi connectivity index (χ1) is 12.4. The van der Waals surface area contributed by atoms with E-state index in [1.807, 2.05) is 19.0 Å². The van der Waals surface area contributed by atoms with Gasteiger partial charge >= 0.3 is 0 Å². The summed E-state index contributed by atoms with van der Waals surface area (Å²) in [4.78, 5) is 13.4. The van der Waals surface area contributed by atoms with Crippen LogP contribution in [-0.4, -0.2) is 38.0 Å². The first-order valence-corrected chi connectivity index (χ1v) is 9.08. The summed E-state index contributed by atoms with van der Waals surface area (Å²) in [6.07, 6.45) is 0. The van der Waals surface area contributed by atoms with Crippen molar-refractivity contribution >= 4 is 40.7 Å². The van der Waals surface area contributed by atoms with Crippen LogP contribution >= 0.6 is 34.8 Å². The smallest absolute Gasteiger partial charge is 0.251 e. The molecule has 0 aliphatic rings. The zero-order valence-electron chi connectivity index (χ0n) is 14.5. The lowest BCUT2D eigenvalue weighted by Gasteiger charge is -2.28. The molecule has 0 spiro atoms. The molecule has 26 heavy (non-hydrogen) atoms. The van der Waals surface area contributed by atoms with Gasteiger partial charge in [-0.25, -0.2) is 0 Å². The van der Waals surface area contributed by atoms with Crippen molar-refractivity contribution < 1.29 is 4.79 Å². The molecule has 0 saturated carbocycles. The summed E-state index contributed by atoms with van der Waals surface area (Å²) >= 11 is 19.5. The Morgan fingerprint density at radius 3 is 1.96 bits per heavy atom. The van der Waals surface area contributed by atoms with Crippen molar-refractivity contribution in [2.24, 2.45) is 0 Å². The Morgan fingerprint density at radius 2 is 1.50 bits per heavy atom. The highest BCUT2D eigenvalue weighted by Gasteiger charge is 2.42. The fourth-order valence-electron chi connectivity index (χ4n) is 2.39. The molecule has 2 aromatic rings. The standard InChI is InChI=1S/C20H19Cl3N2O/c1-25(2)14-8-7-13-24-19(26)20(23,15-9-3-5-11-17(15)21)16-10-4-6-12-18(16)22/h3-6,9-12H,13-14H2,1-2H3,(H,24,26). The van der Waals surface area contributed by atoms with Gasteiger partial charge in [-0.05, 0) is 26.2 Å². The average molecular weight is 410 g/mol. The molecule has 0 aliphatic heterocycles. The van der Waals surface area contributed by atoms with Crippen LogP contribution < -0.4 is 5.32 Å². The van der Waals surface area contributed by atoms with Crippen LogP contribution in [0.5, 0.6) is 0 Å². The number of carbonyl (C=O) groups is 1. The van der Waals surface area contributed by atoms with Crippen molar-refractivity contribution in [2.75, 3.05) is 27.2 Å². The Kier molecular flexibility index (Phi) is 7.37. The number of nitrogens with one attached hydrogen (secondary N) is 1. The summed E-state index contributed by atoms with van der Waals surface area (Å²) in [5.41, 5.74) is 0.936. The minimum absolute atomic E-state index is 0.177. The van der Waals surface area contributed by atoms with E-state index in [9.17, 15) is 4.79 Å². The van der Waals surface area contributed by atoms with Gasteiger partial charge in [-0.15, -0.1) is 0 Å². The maximum absolute atomic E-state index is 13.0. The van der Waals surface area contributed by atoms with E-state index in [-0.39, 0.29) is 6.54 Å². The van der Waals surface area contributed by atoms with Gasteiger partial charge in [0.05, 0.1) is 13.1 Å². The van der Waals surface area contributed by atoms with E-state index in [1.165, 1.54) is 0 Å². The third-order valence-electron chi connectivity index (χ3n) is 3.66. The molecule has 1 amide bonds. The van der Waals surface area contributed by atoms with Crippen molar-refractivity contribution in [1.29, 1.82) is 0 Å². The Balaban J connectivity index is 2.39. The number of hydrogen-bond donors (Lipinski definition) is 1. The van der Waals surface area contributed by atoms with Gasteiger partial charge in [-0.3, -0.25) is 9.69 Å². The first-order valence-electron chi connectivity index (χ1n) is 7.95.